The smallest absolute Gasteiger partial charge is 0.0961 e. The summed E-state index contributed by atoms with van der Waals surface area (Å²) in [6.07, 6.45) is 1.69. The third kappa shape index (κ3) is 4.28. The van der Waals surface area contributed by atoms with Crippen LogP contribution in [0.15, 0.2) is 40.9 Å². The molecule has 2 aromatic rings. The van der Waals surface area contributed by atoms with Crippen LogP contribution >= 0.6 is 34.7 Å². The highest BCUT2D eigenvalue weighted by Gasteiger charge is 2.04. The lowest BCUT2D eigenvalue weighted by atomic mass is 10.3. The molecule has 0 bridgehead atoms. The fourth-order valence-corrected chi connectivity index (χ4v) is 3.11. The van der Waals surface area contributed by atoms with Gasteiger partial charge >= 0.3 is 0 Å². The molecule has 5 heteroatoms. The van der Waals surface area contributed by atoms with Gasteiger partial charge in [0.2, 0.25) is 0 Å². The fourth-order valence-electron chi connectivity index (χ4n) is 1.52. The predicted octanol–water partition coefficient (Wildman–Crippen LogP) is 4.24. The summed E-state index contributed by atoms with van der Waals surface area (Å²) in [5.74, 6) is 1.00. The molecular weight excluding hydrogens is 284 g/mol. The van der Waals surface area contributed by atoms with Gasteiger partial charge in [-0.15, -0.1) is 23.1 Å². The standard InChI is InChI=1S/C13H15ClN2S2/c1-10(12-3-2-7-17-12)15-6-8-18-13-5-4-11(14)9-16-13/h2-5,7,9-10,15H,6,8H2,1H3. The SMILES string of the molecule is CC(NCCSc1ccc(Cl)cn1)c1cccs1. The van der Waals surface area contributed by atoms with E-state index in [-0.39, 0.29) is 0 Å². The summed E-state index contributed by atoms with van der Waals surface area (Å²) in [4.78, 5) is 5.63. The molecule has 0 aliphatic carbocycles. The number of thioether (sulfide) groups is 1. The Balaban J connectivity index is 1.68. The summed E-state index contributed by atoms with van der Waals surface area (Å²) < 4.78 is 0. The van der Waals surface area contributed by atoms with Crippen molar-refractivity contribution >= 4 is 34.7 Å². The topological polar surface area (TPSA) is 24.9 Å². The van der Waals surface area contributed by atoms with Crippen LogP contribution in [0.4, 0.5) is 0 Å². The van der Waals surface area contributed by atoms with E-state index in [1.54, 1.807) is 29.3 Å². The van der Waals surface area contributed by atoms with Gasteiger partial charge in [0.05, 0.1) is 10.0 Å². The van der Waals surface area contributed by atoms with E-state index in [1.165, 1.54) is 4.88 Å². The van der Waals surface area contributed by atoms with Crippen molar-refractivity contribution in [2.24, 2.45) is 0 Å². The van der Waals surface area contributed by atoms with Gasteiger partial charge in [0.1, 0.15) is 0 Å². The second-order valence-electron chi connectivity index (χ2n) is 3.85. The van der Waals surface area contributed by atoms with Crippen LogP contribution in [0.2, 0.25) is 5.02 Å². The van der Waals surface area contributed by atoms with Gasteiger partial charge < -0.3 is 5.32 Å². The van der Waals surface area contributed by atoms with Crippen LogP contribution < -0.4 is 5.32 Å². The molecule has 0 aromatic carbocycles. The minimum Gasteiger partial charge on any atom is -0.309 e. The van der Waals surface area contributed by atoms with E-state index >= 15 is 0 Å². The quantitative estimate of drug-likeness (QED) is 0.638. The van der Waals surface area contributed by atoms with Crippen molar-refractivity contribution in [3.8, 4) is 0 Å². The molecule has 0 saturated carbocycles. The third-order valence-corrected chi connectivity index (χ3v) is 4.70. The Kier molecular flexibility index (Phi) is 5.50. The van der Waals surface area contributed by atoms with Crippen molar-refractivity contribution in [3.05, 3.63) is 45.7 Å². The number of hydrogen-bond donors (Lipinski definition) is 1. The Bertz CT molecular complexity index is 456. The molecule has 1 atom stereocenters. The lowest BCUT2D eigenvalue weighted by Gasteiger charge is -2.11. The van der Waals surface area contributed by atoms with Crippen LogP contribution in [0.5, 0.6) is 0 Å². The Morgan fingerprint density at radius 1 is 1.44 bits per heavy atom. The van der Waals surface area contributed by atoms with Crippen molar-refractivity contribution in [1.82, 2.24) is 10.3 Å². The zero-order valence-electron chi connectivity index (χ0n) is 10.1. The summed E-state index contributed by atoms with van der Waals surface area (Å²) in [5.41, 5.74) is 0. The van der Waals surface area contributed by atoms with E-state index in [0.29, 0.717) is 11.1 Å². The second-order valence-corrected chi connectivity index (χ2v) is 6.39. The first-order valence-corrected chi connectivity index (χ1v) is 8.01. The molecule has 0 radical (unpaired) electrons. The number of halogens is 1. The van der Waals surface area contributed by atoms with E-state index in [9.17, 15) is 0 Å². The van der Waals surface area contributed by atoms with Crippen molar-refractivity contribution in [1.29, 1.82) is 0 Å². The van der Waals surface area contributed by atoms with Gasteiger partial charge in [-0.05, 0) is 30.5 Å². The monoisotopic (exact) mass is 298 g/mol. The molecule has 0 spiro atoms. The summed E-state index contributed by atoms with van der Waals surface area (Å²) >= 11 is 9.32. The van der Waals surface area contributed by atoms with Crippen molar-refractivity contribution in [3.63, 3.8) is 0 Å². The van der Waals surface area contributed by atoms with Gasteiger partial charge in [-0.2, -0.15) is 0 Å². The van der Waals surface area contributed by atoms with Crippen LogP contribution in [0, 0.1) is 0 Å². The van der Waals surface area contributed by atoms with Gasteiger partial charge in [0.25, 0.3) is 0 Å². The molecule has 0 amide bonds. The van der Waals surface area contributed by atoms with E-state index in [4.69, 9.17) is 11.6 Å². The van der Waals surface area contributed by atoms with Crippen LogP contribution in [0.1, 0.15) is 17.8 Å². The van der Waals surface area contributed by atoms with Crippen molar-refractivity contribution in [2.75, 3.05) is 12.3 Å². The maximum absolute atomic E-state index is 5.79. The van der Waals surface area contributed by atoms with E-state index in [0.717, 1.165) is 17.3 Å². The number of hydrogen-bond acceptors (Lipinski definition) is 4. The first-order valence-electron chi connectivity index (χ1n) is 5.77. The highest BCUT2D eigenvalue weighted by atomic mass is 35.5. The Morgan fingerprint density at radius 2 is 2.33 bits per heavy atom. The molecule has 1 unspecified atom stereocenters. The van der Waals surface area contributed by atoms with Crippen LogP contribution in [0.25, 0.3) is 0 Å². The number of pyridine rings is 1. The number of aromatic nitrogens is 1. The molecule has 0 saturated heterocycles. The maximum atomic E-state index is 5.79. The Hall–Kier alpha value is -0.550. The van der Waals surface area contributed by atoms with Crippen LogP contribution in [-0.2, 0) is 0 Å². The largest absolute Gasteiger partial charge is 0.309 e. The zero-order chi connectivity index (χ0) is 12.8. The van der Waals surface area contributed by atoms with E-state index < -0.39 is 0 Å². The first kappa shape index (κ1) is 13.9. The summed E-state index contributed by atoms with van der Waals surface area (Å²) in [6.45, 7) is 3.16. The van der Waals surface area contributed by atoms with Crippen LogP contribution in [-0.4, -0.2) is 17.3 Å². The first-order chi connectivity index (χ1) is 8.75. The fraction of sp³-hybridized carbons (Fsp3) is 0.308. The normalized spacial score (nSPS) is 12.6. The second kappa shape index (κ2) is 7.14. The lowest BCUT2D eigenvalue weighted by Crippen LogP contribution is -2.20. The number of thiophene rings is 1. The Morgan fingerprint density at radius 3 is 3.00 bits per heavy atom. The molecule has 0 aliphatic heterocycles. The van der Waals surface area contributed by atoms with E-state index in [2.05, 4.69) is 34.7 Å². The van der Waals surface area contributed by atoms with Crippen molar-refractivity contribution in [2.45, 2.75) is 18.0 Å². The summed E-state index contributed by atoms with van der Waals surface area (Å²) in [7, 11) is 0. The van der Waals surface area contributed by atoms with Gasteiger partial charge in [-0.3, -0.25) is 0 Å². The predicted molar refractivity (Wildman–Crippen MR) is 80.7 cm³/mol. The Labute approximate surface area is 121 Å². The number of nitrogens with zero attached hydrogens (tertiary/aromatic N) is 1. The molecule has 96 valence electrons. The summed E-state index contributed by atoms with van der Waals surface area (Å²) in [6, 6.07) is 8.50. The van der Waals surface area contributed by atoms with Crippen LogP contribution in [0.3, 0.4) is 0 Å². The minimum absolute atomic E-state index is 0.420. The number of rotatable bonds is 6. The van der Waals surface area contributed by atoms with E-state index in [1.807, 2.05) is 12.1 Å². The molecule has 2 nitrogen and oxygen atoms in total. The average molecular weight is 299 g/mol. The third-order valence-electron chi connectivity index (χ3n) is 2.47. The number of nitrogens with one attached hydrogen (secondary N) is 1. The highest BCUT2D eigenvalue weighted by Crippen LogP contribution is 2.19. The average Bonchev–Trinajstić information content (AvgIpc) is 2.90. The summed E-state index contributed by atoms with van der Waals surface area (Å²) in [5, 5.41) is 7.32. The lowest BCUT2D eigenvalue weighted by molar-refractivity contribution is 0.610. The molecular formula is C13H15ClN2S2. The molecule has 2 heterocycles. The molecule has 18 heavy (non-hydrogen) atoms. The molecule has 2 rings (SSSR count). The van der Waals surface area contributed by atoms with Gasteiger partial charge in [0, 0.05) is 29.4 Å². The zero-order valence-corrected chi connectivity index (χ0v) is 12.5. The van der Waals surface area contributed by atoms with Gasteiger partial charge in [0.15, 0.2) is 0 Å². The highest BCUT2D eigenvalue weighted by molar-refractivity contribution is 7.99. The van der Waals surface area contributed by atoms with Gasteiger partial charge in [-0.25, -0.2) is 4.98 Å². The molecule has 0 aliphatic rings. The molecule has 0 fully saturated rings. The minimum atomic E-state index is 0.420. The van der Waals surface area contributed by atoms with Crippen molar-refractivity contribution < 1.29 is 0 Å². The molecule has 1 N–H and O–H groups in total. The maximum Gasteiger partial charge on any atom is 0.0961 e. The molecule has 2 aromatic heterocycles. The van der Waals surface area contributed by atoms with Gasteiger partial charge in [-0.1, -0.05) is 17.7 Å².